The zero-order valence-corrected chi connectivity index (χ0v) is 12.1. The van der Waals surface area contributed by atoms with Crippen molar-refractivity contribution in [3.8, 4) is 0 Å². The molecule has 2 aromatic rings. The molecule has 112 valence electrons. The summed E-state index contributed by atoms with van der Waals surface area (Å²) in [5, 5.41) is 9.09. The van der Waals surface area contributed by atoms with Crippen molar-refractivity contribution < 1.29 is 14.3 Å². The predicted molar refractivity (Wildman–Crippen MR) is 83.7 cm³/mol. The maximum Gasteiger partial charge on any atom is 0.156 e. The van der Waals surface area contributed by atoms with Crippen LogP contribution in [-0.4, -0.2) is 10.9 Å². The normalized spacial score (nSPS) is 18.2. The van der Waals surface area contributed by atoms with Crippen molar-refractivity contribution in [3.63, 3.8) is 0 Å². The molecule has 3 heteroatoms. The van der Waals surface area contributed by atoms with Crippen LogP contribution in [-0.2, 0) is 11.4 Å². The molecule has 0 unspecified atom stereocenters. The molecule has 22 heavy (non-hydrogen) atoms. The van der Waals surface area contributed by atoms with Gasteiger partial charge in [0.2, 0.25) is 0 Å². The second-order valence-electron chi connectivity index (χ2n) is 5.65. The van der Waals surface area contributed by atoms with Crippen LogP contribution in [0.2, 0.25) is 0 Å². The van der Waals surface area contributed by atoms with Gasteiger partial charge >= 0.3 is 0 Å². The van der Waals surface area contributed by atoms with Crippen molar-refractivity contribution in [3.05, 3.63) is 77.1 Å². The molecule has 0 saturated heterocycles. The van der Waals surface area contributed by atoms with E-state index in [4.69, 9.17) is 5.11 Å². The van der Waals surface area contributed by atoms with Crippen LogP contribution < -0.4 is 0 Å². The largest absolute Gasteiger partial charge is 0.392 e. The highest BCUT2D eigenvalue weighted by Crippen LogP contribution is 2.36. The summed E-state index contributed by atoms with van der Waals surface area (Å²) in [6, 6.07) is 14.0. The Kier molecular flexibility index (Phi) is 4.16. The van der Waals surface area contributed by atoms with E-state index in [1.165, 1.54) is 12.1 Å². The number of halogens is 1. The van der Waals surface area contributed by atoms with Gasteiger partial charge in [-0.25, -0.2) is 4.39 Å². The predicted octanol–water partition coefficient (Wildman–Crippen LogP) is 3.85. The van der Waals surface area contributed by atoms with Gasteiger partial charge in [0.15, 0.2) is 5.78 Å². The molecule has 1 aliphatic carbocycles. The standard InChI is InChI=1S/C19H17FO2/c20-18-7-5-15(6-8-18)17-9-16(10-19(22)11-17)14-3-1-13(12-21)2-4-14/h1-8,10,17,21H,9,11-12H2/t17-/m1/s1. The van der Waals surface area contributed by atoms with Gasteiger partial charge in [0.25, 0.3) is 0 Å². The Labute approximate surface area is 128 Å². The van der Waals surface area contributed by atoms with E-state index in [0.717, 1.165) is 28.7 Å². The molecule has 0 aromatic heterocycles. The molecule has 0 radical (unpaired) electrons. The number of benzene rings is 2. The van der Waals surface area contributed by atoms with Gasteiger partial charge in [-0.2, -0.15) is 0 Å². The first-order valence-corrected chi connectivity index (χ1v) is 7.35. The number of carbonyl (C=O) groups is 1. The molecular weight excluding hydrogens is 279 g/mol. The van der Waals surface area contributed by atoms with Crippen molar-refractivity contribution in [1.29, 1.82) is 0 Å². The molecule has 2 nitrogen and oxygen atoms in total. The minimum atomic E-state index is -0.263. The fourth-order valence-corrected chi connectivity index (χ4v) is 2.89. The summed E-state index contributed by atoms with van der Waals surface area (Å²) in [6.45, 7) is 0.0104. The molecule has 1 aliphatic rings. The Morgan fingerprint density at radius 3 is 2.32 bits per heavy atom. The second-order valence-corrected chi connectivity index (χ2v) is 5.65. The van der Waals surface area contributed by atoms with Crippen molar-refractivity contribution in [2.75, 3.05) is 0 Å². The van der Waals surface area contributed by atoms with E-state index in [-0.39, 0.29) is 24.1 Å². The van der Waals surface area contributed by atoms with Crippen molar-refractivity contribution in [1.82, 2.24) is 0 Å². The first-order valence-electron chi connectivity index (χ1n) is 7.35. The number of allylic oxidation sites excluding steroid dienone is 2. The van der Waals surface area contributed by atoms with Crippen molar-refractivity contribution in [2.45, 2.75) is 25.4 Å². The Morgan fingerprint density at radius 2 is 1.68 bits per heavy atom. The Bertz CT molecular complexity index is 699. The van der Waals surface area contributed by atoms with E-state index in [2.05, 4.69) is 0 Å². The van der Waals surface area contributed by atoms with E-state index in [0.29, 0.717) is 6.42 Å². The summed E-state index contributed by atoms with van der Waals surface area (Å²) in [7, 11) is 0. The van der Waals surface area contributed by atoms with Crippen LogP contribution >= 0.6 is 0 Å². The number of aliphatic hydroxyl groups is 1. The topological polar surface area (TPSA) is 37.3 Å². The maximum absolute atomic E-state index is 13.0. The minimum Gasteiger partial charge on any atom is -0.392 e. The smallest absolute Gasteiger partial charge is 0.156 e. The van der Waals surface area contributed by atoms with E-state index in [1.54, 1.807) is 18.2 Å². The number of carbonyl (C=O) groups excluding carboxylic acids is 1. The van der Waals surface area contributed by atoms with Crippen LogP contribution in [0.3, 0.4) is 0 Å². The molecule has 0 aliphatic heterocycles. The fraction of sp³-hybridized carbons (Fsp3) is 0.211. The van der Waals surface area contributed by atoms with Gasteiger partial charge in [0.05, 0.1) is 6.61 Å². The lowest BCUT2D eigenvalue weighted by molar-refractivity contribution is -0.115. The molecule has 1 N–H and O–H groups in total. The second kappa shape index (κ2) is 6.24. The highest BCUT2D eigenvalue weighted by atomic mass is 19.1. The Balaban J connectivity index is 1.85. The third-order valence-electron chi connectivity index (χ3n) is 4.10. The molecule has 0 amide bonds. The highest BCUT2D eigenvalue weighted by Gasteiger charge is 2.23. The summed E-state index contributed by atoms with van der Waals surface area (Å²) >= 11 is 0. The van der Waals surface area contributed by atoms with Crippen LogP contribution in [0.15, 0.2) is 54.6 Å². The molecule has 0 heterocycles. The number of rotatable bonds is 3. The summed E-state index contributed by atoms with van der Waals surface area (Å²) in [4.78, 5) is 12.0. The lowest BCUT2D eigenvalue weighted by atomic mass is 9.81. The first kappa shape index (κ1) is 14.7. The average molecular weight is 296 g/mol. The molecule has 0 saturated carbocycles. The van der Waals surface area contributed by atoms with Gasteiger partial charge in [-0.05, 0) is 52.8 Å². The van der Waals surface area contributed by atoms with Crippen LogP contribution in [0, 0.1) is 5.82 Å². The molecule has 0 fully saturated rings. The quantitative estimate of drug-likeness (QED) is 0.934. The number of aliphatic hydroxyl groups excluding tert-OH is 1. The van der Waals surface area contributed by atoms with Gasteiger partial charge in [0, 0.05) is 6.42 Å². The van der Waals surface area contributed by atoms with Gasteiger partial charge in [-0.15, -0.1) is 0 Å². The third-order valence-corrected chi connectivity index (χ3v) is 4.10. The lowest BCUT2D eigenvalue weighted by Crippen LogP contribution is -2.12. The van der Waals surface area contributed by atoms with E-state index >= 15 is 0 Å². The molecule has 1 atom stereocenters. The molecule has 3 rings (SSSR count). The molecular formula is C19H17FO2. The molecule has 0 spiro atoms. The number of hydrogen-bond donors (Lipinski definition) is 1. The van der Waals surface area contributed by atoms with Gasteiger partial charge < -0.3 is 5.11 Å². The summed E-state index contributed by atoms with van der Waals surface area (Å²) in [5.74, 6) is -0.0753. The monoisotopic (exact) mass is 296 g/mol. The highest BCUT2D eigenvalue weighted by molar-refractivity contribution is 5.99. The van der Waals surface area contributed by atoms with Gasteiger partial charge in [0.1, 0.15) is 5.82 Å². The SMILES string of the molecule is O=C1C=C(c2ccc(CO)cc2)C[C@@H](c2ccc(F)cc2)C1. The Hall–Kier alpha value is -2.26. The van der Waals surface area contributed by atoms with Crippen LogP contribution in [0.25, 0.3) is 5.57 Å². The third kappa shape index (κ3) is 3.15. The molecule has 2 aromatic carbocycles. The summed E-state index contributed by atoms with van der Waals surface area (Å²) in [5.41, 5.74) is 3.83. The van der Waals surface area contributed by atoms with Crippen LogP contribution in [0.4, 0.5) is 4.39 Å². The lowest BCUT2D eigenvalue weighted by Gasteiger charge is -2.23. The van der Waals surface area contributed by atoms with E-state index < -0.39 is 0 Å². The number of ketones is 1. The minimum absolute atomic E-state index is 0.0104. The summed E-state index contributed by atoms with van der Waals surface area (Å²) in [6.07, 6.45) is 2.92. The summed E-state index contributed by atoms with van der Waals surface area (Å²) < 4.78 is 13.0. The maximum atomic E-state index is 13.0. The Morgan fingerprint density at radius 1 is 1.00 bits per heavy atom. The van der Waals surface area contributed by atoms with Crippen LogP contribution in [0.5, 0.6) is 0 Å². The number of hydrogen-bond acceptors (Lipinski definition) is 2. The van der Waals surface area contributed by atoms with E-state index in [1.807, 2.05) is 24.3 Å². The molecule has 0 bridgehead atoms. The zero-order valence-electron chi connectivity index (χ0n) is 12.1. The zero-order chi connectivity index (χ0) is 15.5. The van der Waals surface area contributed by atoms with Gasteiger partial charge in [-0.3, -0.25) is 4.79 Å². The van der Waals surface area contributed by atoms with Crippen LogP contribution in [0.1, 0.15) is 35.4 Å². The average Bonchev–Trinajstić information content (AvgIpc) is 2.55. The first-order chi connectivity index (χ1) is 10.7. The van der Waals surface area contributed by atoms with Crippen molar-refractivity contribution in [2.24, 2.45) is 0 Å². The van der Waals surface area contributed by atoms with Crippen molar-refractivity contribution >= 4 is 11.4 Å². The van der Waals surface area contributed by atoms with Gasteiger partial charge in [-0.1, -0.05) is 36.4 Å². The van der Waals surface area contributed by atoms with E-state index in [9.17, 15) is 9.18 Å². The fourth-order valence-electron chi connectivity index (χ4n) is 2.89.